The van der Waals surface area contributed by atoms with Crippen molar-refractivity contribution in [2.75, 3.05) is 26.4 Å². The van der Waals surface area contributed by atoms with Gasteiger partial charge in [0.15, 0.2) is 0 Å². The van der Waals surface area contributed by atoms with Crippen LogP contribution in [0.3, 0.4) is 0 Å². The van der Waals surface area contributed by atoms with Crippen molar-refractivity contribution >= 4 is 19.8 Å². The van der Waals surface area contributed by atoms with Gasteiger partial charge in [0, 0.05) is 13.0 Å². The number of carbonyl (C=O) groups is 2. The predicted molar refractivity (Wildman–Crippen MR) is 198 cm³/mol. The third-order valence-corrected chi connectivity index (χ3v) is 7.90. The lowest BCUT2D eigenvalue weighted by Gasteiger charge is -2.20. The number of phosphoric acid groups is 1. The summed E-state index contributed by atoms with van der Waals surface area (Å²) in [5.41, 5.74) is 5.32. The highest BCUT2D eigenvalue weighted by Crippen LogP contribution is 2.43. The molecule has 0 aliphatic rings. The molecule has 0 aromatic carbocycles. The molecule has 3 unspecified atom stereocenters. The Morgan fingerprint density at radius 1 is 0.673 bits per heavy atom. The third-order valence-electron chi connectivity index (χ3n) is 6.95. The number of rotatable bonds is 33. The van der Waals surface area contributed by atoms with Crippen molar-refractivity contribution in [1.82, 2.24) is 0 Å². The number of carbonyl (C=O) groups excluding carboxylic acids is 1. The second kappa shape index (κ2) is 33.9. The second-order valence-electron chi connectivity index (χ2n) is 11.6. The van der Waals surface area contributed by atoms with E-state index >= 15 is 0 Å². The molecule has 0 aromatic rings. The summed E-state index contributed by atoms with van der Waals surface area (Å²) in [7, 11) is -4.63. The van der Waals surface area contributed by atoms with Gasteiger partial charge in [-0.05, 0) is 70.6 Å². The summed E-state index contributed by atoms with van der Waals surface area (Å²) in [5, 5.41) is 8.85. The molecule has 280 valence electrons. The molecule has 0 spiro atoms. The molecule has 0 fully saturated rings. The van der Waals surface area contributed by atoms with Gasteiger partial charge in [0.2, 0.25) is 0 Å². The maximum Gasteiger partial charge on any atom is 0.472 e. The van der Waals surface area contributed by atoms with E-state index in [1.165, 1.54) is 6.42 Å². The van der Waals surface area contributed by atoms with Gasteiger partial charge >= 0.3 is 19.8 Å². The van der Waals surface area contributed by atoms with Gasteiger partial charge in [-0.1, -0.05) is 112 Å². The van der Waals surface area contributed by atoms with Crippen LogP contribution >= 0.6 is 7.82 Å². The fraction of sp³-hybridized carbons (Fsp3) is 0.632. The molecule has 0 aromatic heterocycles. The lowest BCUT2D eigenvalue weighted by atomic mass is 10.1. The number of nitrogens with two attached hydrogens (primary N) is 1. The molecule has 0 aliphatic heterocycles. The fourth-order valence-electron chi connectivity index (χ4n) is 4.17. The molecular weight excluding hydrogens is 645 g/mol. The molecular formula is C38H64NO9P. The lowest BCUT2D eigenvalue weighted by molar-refractivity contribution is -0.154. The first-order valence-corrected chi connectivity index (χ1v) is 19.5. The van der Waals surface area contributed by atoms with E-state index in [9.17, 15) is 19.0 Å². The van der Waals surface area contributed by atoms with E-state index in [1.807, 2.05) is 0 Å². The largest absolute Gasteiger partial charge is 0.480 e. The van der Waals surface area contributed by atoms with Crippen molar-refractivity contribution < 1.29 is 42.7 Å². The SMILES string of the molecule is CC/C=C\C/C=C\C/C=C\C/C=C\CCCOCC(COP(=O)(O)OCC(N)C(=O)O)OC(=O)CCCCCCC/C=C\C/C=C\CCC. The molecule has 4 N–H and O–H groups in total. The average molecular weight is 710 g/mol. The fourth-order valence-corrected chi connectivity index (χ4v) is 4.95. The number of aliphatic carboxylic acids is 1. The lowest BCUT2D eigenvalue weighted by Crippen LogP contribution is -2.34. The quantitative estimate of drug-likeness (QED) is 0.0260. The van der Waals surface area contributed by atoms with Crippen LogP contribution in [0.25, 0.3) is 0 Å². The second-order valence-corrected chi connectivity index (χ2v) is 13.1. The van der Waals surface area contributed by atoms with Crippen LogP contribution in [0.5, 0.6) is 0 Å². The summed E-state index contributed by atoms with van der Waals surface area (Å²) in [5.74, 6) is -1.83. The number of unbranched alkanes of at least 4 members (excludes halogenated alkanes) is 7. The number of esters is 1. The van der Waals surface area contributed by atoms with Crippen LogP contribution in [0.2, 0.25) is 0 Å². The molecule has 49 heavy (non-hydrogen) atoms. The number of carboxylic acids is 1. The Hall–Kier alpha value is -2.59. The number of ether oxygens (including phenoxy) is 2. The van der Waals surface area contributed by atoms with Gasteiger partial charge < -0.3 is 25.2 Å². The normalized spacial score (nSPS) is 15.0. The van der Waals surface area contributed by atoms with Crippen molar-refractivity contribution in [3.8, 4) is 0 Å². The third kappa shape index (κ3) is 33.7. The van der Waals surface area contributed by atoms with Crippen LogP contribution in [-0.4, -0.2) is 60.5 Å². The minimum absolute atomic E-state index is 0.0313. The molecule has 3 atom stereocenters. The molecule has 0 rings (SSSR count). The van der Waals surface area contributed by atoms with E-state index in [0.717, 1.165) is 83.5 Å². The topological polar surface area (TPSA) is 155 Å². The van der Waals surface area contributed by atoms with Crippen molar-refractivity contribution in [3.05, 3.63) is 72.9 Å². The molecule has 0 saturated heterocycles. The Morgan fingerprint density at radius 3 is 1.78 bits per heavy atom. The van der Waals surface area contributed by atoms with E-state index in [0.29, 0.717) is 13.0 Å². The number of phosphoric ester groups is 1. The van der Waals surface area contributed by atoms with Gasteiger partial charge in [-0.25, -0.2) is 4.57 Å². The van der Waals surface area contributed by atoms with Crippen LogP contribution in [0, 0.1) is 0 Å². The standard InChI is InChI=1S/C38H64NO9P/c1-3-5-7-9-11-13-15-17-19-21-23-25-27-29-31-45-32-35(33-46-49(43,44)47-34-36(39)38(41)42)48-37(40)30-28-26-24-22-20-18-16-14-12-10-8-6-4-2/h5,7-8,10-11,13-14,16-17,19,23,25,35-36H,3-4,6,9,12,15,18,20-22,24,26-34,39H2,1-2H3,(H,41,42)(H,43,44)/b7-5-,10-8-,13-11-,16-14-,19-17-,25-23-. The van der Waals surface area contributed by atoms with Crippen molar-refractivity contribution in [2.45, 2.75) is 129 Å². The molecule has 0 radical (unpaired) electrons. The van der Waals surface area contributed by atoms with Crippen LogP contribution in [0.1, 0.15) is 117 Å². The molecule has 0 aliphatic carbocycles. The van der Waals surface area contributed by atoms with E-state index in [1.54, 1.807) is 0 Å². The Bertz CT molecular complexity index is 1050. The maximum atomic E-state index is 12.5. The average Bonchev–Trinajstić information content (AvgIpc) is 3.07. The highest BCUT2D eigenvalue weighted by molar-refractivity contribution is 7.47. The van der Waals surface area contributed by atoms with Crippen molar-refractivity contribution in [1.29, 1.82) is 0 Å². The van der Waals surface area contributed by atoms with Crippen LogP contribution in [-0.2, 0) is 32.7 Å². The van der Waals surface area contributed by atoms with Crippen LogP contribution < -0.4 is 5.73 Å². The number of hydrogen-bond donors (Lipinski definition) is 3. The van der Waals surface area contributed by atoms with E-state index in [-0.39, 0.29) is 13.0 Å². The van der Waals surface area contributed by atoms with E-state index < -0.39 is 45.1 Å². The van der Waals surface area contributed by atoms with Gasteiger partial charge in [0.1, 0.15) is 12.1 Å². The van der Waals surface area contributed by atoms with Gasteiger partial charge in [-0.15, -0.1) is 0 Å². The van der Waals surface area contributed by atoms with Gasteiger partial charge in [0.05, 0.1) is 19.8 Å². The number of carboxylic acid groups (broad SMARTS) is 1. The Balaban J connectivity index is 4.48. The molecule has 11 heteroatoms. The van der Waals surface area contributed by atoms with Crippen molar-refractivity contribution in [3.63, 3.8) is 0 Å². The molecule has 0 saturated carbocycles. The van der Waals surface area contributed by atoms with Crippen LogP contribution in [0.15, 0.2) is 72.9 Å². The Labute approximate surface area is 295 Å². The Kier molecular flexibility index (Phi) is 32.1. The van der Waals surface area contributed by atoms with Gasteiger partial charge in [-0.2, -0.15) is 0 Å². The summed E-state index contributed by atoms with van der Waals surface area (Å²) in [4.78, 5) is 33.3. The maximum absolute atomic E-state index is 12.5. The summed E-state index contributed by atoms with van der Waals surface area (Å²) < 4.78 is 33.1. The number of allylic oxidation sites excluding steroid dienone is 12. The first kappa shape index (κ1) is 46.4. The highest BCUT2D eigenvalue weighted by Gasteiger charge is 2.27. The smallest absolute Gasteiger partial charge is 0.472 e. The van der Waals surface area contributed by atoms with Crippen molar-refractivity contribution in [2.24, 2.45) is 5.73 Å². The summed E-state index contributed by atoms with van der Waals surface area (Å²) >= 11 is 0. The molecule has 0 amide bonds. The minimum Gasteiger partial charge on any atom is -0.480 e. The van der Waals surface area contributed by atoms with E-state index in [4.69, 9.17) is 24.8 Å². The Morgan fingerprint density at radius 2 is 1.18 bits per heavy atom. The zero-order valence-corrected chi connectivity index (χ0v) is 30.9. The summed E-state index contributed by atoms with van der Waals surface area (Å²) in [6.07, 6.45) is 39.7. The molecule has 0 bridgehead atoms. The minimum atomic E-state index is -4.63. The monoisotopic (exact) mass is 709 g/mol. The zero-order chi connectivity index (χ0) is 36.3. The zero-order valence-electron chi connectivity index (χ0n) is 30.0. The van der Waals surface area contributed by atoms with Gasteiger partial charge in [0.25, 0.3) is 0 Å². The predicted octanol–water partition coefficient (Wildman–Crippen LogP) is 9.08. The first-order valence-electron chi connectivity index (χ1n) is 18.0. The molecule has 10 nitrogen and oxygen atoms in total. The molecule has 0 heterocycles. The first-order chi connectivity index (χ1) is 23.7. The number of hydrogen-bond acceptors (Lipinski definition) is 8. The van der Waals surface area contributed by atoms with Gasteiger partial charge in [-0.3, -0.25) is 18.6 Å². The highest BCUT2D eigenvalue weighted by atomic mass is 31.2. The van der Waals surface area contributed by atoms with Crippen LogP contribution in [0.4, 0.5) is 0 Å². The summed E-state index contributed by atoms with van der Waals surface area (Å²) in [6, 6.07) is -1.49. The van der Waals surface area contributed by atoms with E-state index in [2.05, 4.69) is 91.3 Å². The summed E-state index contributed by atoms with van der Waals surface area (Å²) in [6.45, 7) is 3.49.